The van der Waals surface area contributed by atoms with E-state index in [4.69, 9.17) is 10.8 Å². The summed E-state index contributed by atoms with van der Waals surface area (Å²) in [5.74, 6) is -0.0747. The van der Waals surface area contributed by atoms with Crippen LogP contribution in [0.5, 0.6) is 5.75 Å². The van der Waals surface area contributed by atoms with E-state index in [0.29, 0.717) is 4.47 Å². The first-order chi connectivity index (χ1) is 6.02. The van der Waals surface area contributed by atoms with Crippen molar-refractivity contribution >= 4 is 15.9 Å². The molecule has 0 aliphatic carbocycles. The van der Waals surface area contributed by atoms with Gasteiger partial charge in [0.25, 0.3) is 6.43 Å². The highest BCUT2D eigenvalue weighted by atomic mass is 79.9. The van der Waals surface area contributed by atoms with Crippen LogP contribution in [0.2, 0.25) is 0 Å². The Balaban J connectivity index is 3.05. The number of rotatable bonds is 2. The molecule has 1 aromatic carbocycles. The molecule has 5 heteroatoms. The van der Waals surface area contributed by atoms with Gasteiger partial charge in [-0.05, 0) is 23.8 Å². The summed E-state index contributed by atoms with van der Waals surface area (Å²) in [6.45, 7) is 0. The van der Waals surface area contributed by atoms with E-state index in [1.54, 1.807) is 0 Å². The van der Waals surface area contributed by atoms with Crippen molar-refractivity contribution in [3.63, 3.8) is 0 Å². The van der Waals surface area contributed by atoms with Gasteiger partial charge < -0.3 is 10.8 Å². The zero-order chi connectivity index (χ0) is 10.0. The number of halogens is 3. The van der Waals surface area contributed by atoms with Crippen molar-refractivity contribution in [2.75, 3.05) is 0 Å². The Morgan fingerprint density at radius 1 is 1.38 bits per heavy atom. The van der Waals surface area contributed by atoms with E-state index in [-0.39, 0.29) is 11.3 Å². The number of phenolic OH excluding ortho intramolecular Hbond substituents is 1. The van der Waals surface area contributed by atoms with Gasteiger partial charge in [0.2, 0.25) is 0 Å². The van der Waals surface area contributed by atoms with Gasteiger partial charge in [0.1, 0.15) is 5.75 Å². The molecule has 0 heterocycles. The van der Waals surface area contributed by atoms with Crippen LogP contribution in [-0.4, -0.2) is 11.5 Å². The molecule has 0 aromatic heterocycles. The monoisotopic (exact) mass is 251 g/mol. The Morgan fingerprint density at radius 2 is 2.00 bits per heavy atom. The maximum atomic E-state index is 12.2. The third kappa shape index (κ3) is 2.38. The number of hydrogen-bond donors (Lipinski definition) is 2. The van der Waals surface area contributed by atoms with Gasteiger partial charge in [-0.25, -0.2) is 8.78 Å². The van der Waals surface area contributed by atoms with Gasteiger partial charge in [-0.2, -0.15) is 0 Å². The summed E-state index contributed by atoms with van der Waals surface area (Å²) in [6.07, 6.45) is -2.64. The summed E-state index contributed by atoms with van der Waals surface area (Å²) in [7, 11) is 0. The fraction of sp³-hybridized carbons (Fsp3) is 0.250. The second-order valence-electron chi connectivity index (χ2n) is 2.57. The van der Waals surface area contributed by atoms with E-state index in [1.165, 1.54) is 18.2 Å². The van der Waals surface area contributed by atoms with Gasteiger partial charge in [-0.15, -0.1) is 0 Å². The Labute approximate surface area is 82.5 Å². The Kier molecular flexibility index (Phi) is 3.22. The van der Waals surface area contributed by atoms with Crippen molar-refractivity contribution in [3.8, 4) is 5.75 Å². The second-order valence-corrected chi connectivity index (χ2v) is 3.42. The van der Waals surface area contributed by atoms with Crippen molar-refractivity contribution in [1.82, 2.24) is 0 Å². The molecular formula is C8H8BrF2NO. The zero-order valence-corrected chi connectivity index (χ0v) is 8.13. The van der Waals surface area contributed by atoms with Gasteiger partial charge in [0.15, 0.2) is 0 Å². The SMILES string of the molecule is NC(c1cc(O)ccc1Br)C(F)F. The molecular weight excluding hydrogens is 244 g/mol. The normalized spacial score (nSPS) is 13.3. The zero-order valence-electron chi connectivity index (χ0n) is 6.55. The molecule has 3 N–H and O–H groups in total. The van der Waals surface area contributed by atoms with E-state index < -0.39 is 12.5 Å². The Morgan fingerprint density at radius 3 is 2.54 bits per heavy atom. The smallest absolute Gasteiger partial charge is 0.257 e. The lowest BCUT2D eigenvalue weighted by Gasteiger charge is -2.12. The lowest BCUT2D eigenvalue weighted by atomic mass is 10.1. The first-order valence-electron chi connectivity index (χ1n) is 3.54. The van der Waals surface area contributed by atoms with Gasteiger partial charge >= 0.3 is 0 Å². The highest BCUT2D eigenvalue weighted by Crippen LogP contribution is 2.28. The molecule has 13 heavy (non-hydrogen) atoms. The van der Waals surface area contributed by atoms with Crippen molar-refractivity contribution in [2.24, 2.45) is 5.73 Å². The molecule has 0 aliphatic rings. The fourth-order valence-corrected chi connectivity index (χ4v) is 1.43. The Hall–Kier alpha value is -0.680. The third-order valence-electron chi connectivity index (χ3n) is 1.61. The number of nitrogens with two attached hydrogens (primary N) is 1. The summed E-state index contributed by atoms with van der Waals surface area (Å²) in [5, 5.41) is 9.05. The van der Waals surface area contributed by atoms with Crippen LogP contribution in [0.4, 0.5) is 8.78 Å². The first kappa shape index (κ1) is 10.4. The molecule has 0 amide bonds. The van der Waals surface area contributed by atoms with Gasteiger partial charge in [0, 0.05) is 4.47 Å². The predicted molar refractivity (Wildman–Crippen MR) is 48.7 cm³/mol. The number of hydrogen-bond acceptors (Lipinski definition) is 2. The standard InChI is InChI=1S/C8H8BrF2NO/c9-6-2-1-4(13)3-5(6)7(12)8(10)11/h1-3,7-8,13H,12H2. The quantitative estimate of drug-likeness (QED) is 0.848. The molecule has 0 saturated heterocycles. The summed E-state index contributed by atoms with van der Waals surface area (Å²) >= 11 is 3.07. The van der Waals surface area contributed by atoms with E-state index in [1.807, 2.05) is 0 Å². The molecule has 0 bridgehead atoms. The molecule has 1 rings (SSSR count). The van der Waals surface area contributed by atoms with Crippen LogP contribution in [-0.2, 0) is 0 Å². The molecule has 2 nitrogen and oxygen atoms in total. The molecule has 1 aromatic rings. The van der Waals surface area contributed by atoms with Gasteiger partial charge in [0.05, 0.1) is 6.04 Å². The summed E-state index contributed by atoms with van der Waals surface area (Å²) in [5.41, 5.74) is 5.42. The highest BCUT2D eigenvalue weighted by molar-refractivity contribution is 9.10. The molecule has 0 fully saturated rings. The minimum Gasteiger partial charge on any atom is -0.508 e. The van der Waals surface area contributed by atoms with E-state index >= 15 is 0 Å². The van der Waals surface area contributed by atoms with Crippen molar-refractivity contribution in [2.45, 2.75) is 12.5 Å². The van der Waals surface area contributed by atoms with Crippen LogP contribution >= 0.6 is 15.9 Å². The molecule has 0 saturated carbocycles. The van der Waals surface area contributed by atoms with Crippen LogP contribution in [0.3, 0.4) is 0 Å². The number of alkyl halides is 2. The summed E-state index contributed by atoms with van der Waals surface area (Å²) < 4.78 is 24.9. The van der Waals surface area contributed by atoms with Crippen LogP contribution in [0.15, 0.2) is 22.7 Å². The molecule has 1 unspecified atom stereocenters. The fourth-order valence-electron chi connectivity index (χ4n) is 0.922. The van der Waals surface area contributed by atoms with Crippen LogP contribution in [0.25, 0.3) is 0 Å². The highest BCUT2D eigenvalue weighted by Gasteiger charge is 2.20. The first-order valence-corrected chi connectivity index (χ1v) is 4.34. The average molecular weight is 252 g/mol. The Bertz CT molecular complexity index is 306. The minimum atomic E-state index is -2.64. The number of aromatic hydroxyl groups is 1. The molecule has 1 atom stereocenters. The van der Waals surface area contributed by atoms with E-state index in [2.05, 4.69) is 15.9 Å². The predicted octanol–water partition coefficient (Wildman–Crippen LogP) is 2.42. The maximum Gasteiger partial charge on any atom is 0.257 e. The number of benzene rings is 1. The molecule has 72 valence electrons. The molecule has 0 spiro atoms. The number of phenols is 1. The topological polar surface area (TPSA) is 46.2 Å². The minimum absolute atomic E-state index is 0.0747. The van der Waals surface area contributed by atoms with Crippen LogP contribution in [0, 0.1) is 0 Å². The average Bonchev–Trinajstić information content (AvgIpc) is 2.08. The van der Waals surface area contributed by atoms with E-state index in [0.717, 1.165) is 0 Å². The summed E-state index contributed by atoms with van der Waals surface area (Å²) in [6, 6.07) is 2.72. The molecule has 0 aliphatic heterocycles. The third-order valence-corrected chi connectivity index (χ3v) is 2.33. The van der Waals surface area contributed by atoms with Crippen molar-refractivity contribution in [1.29, 1.82) is 0 Å². The van der Waals surface area contributed by atoms with Crippen LogP contribution in [0.1, 0.15) is 11.6 Å². The van der Waals surface area contributed by atoms with Gasteiger partial charge in [-0.1, -0.05) is 15.9 Å². The van der Waals surface area contributed by atoms with E-state index in [9.17, 15) is 8.78 Å². The lowest BCUT2D eigenvalue weighted by molar-refractivity contribution is 0.116. The summed E-state index contributed by atoms with van der Waals surface area (Å²) in [4.78, 5) is 0. The lowest BCUT2D eigenvalue weighted by Crippen LogP contribution is -2.19. The second kappa shape index (κ2) is 4.02. The molecule has 0 radical (unpaired) electrons. The van der Waals surface area contributed by atoms with Crippen molar-refractivity contribution in [3.05, 3.63) is 28.2 Å². The van der Waals surface area contributed by atoms with Crippen LogP contribution < -0.4 is 5.73 Å². The largest absolute Gasteiger partial charge is 0.508 e. The van der Waals surface area contributed by atoms with Crippen molar-refractivity contribution < 1.29 is 13.9 Å². The van der Waals surface area contributed by atoms with Gasteiger partial charge in [-0.3, -0.25) is 0 Å². The maximum absolute atomic E-state index is 12.2.